The van der Waals surface area contributed by atoms with Crippen LogP contribution in [0, 0.1) is 0 Å². The van der Waals surface area contributed by atoms with Crippen molar-refractivity contribution in [1.29, 1.82) is 0 Å². The van der Waals surface area contributed by atoms with Crippen LogP contribution in [-0.2, 0) is 24.9 Å². The SMILES string of the molecule is CC(C)=CCn1c(N2CCCC(NC(=O)OC(C)(C)C)C2)nc2c1c(=O)n(CC(=O)c1ccccc1C(=O)O)c(=O)n2C. The first-order valence-corrected chi connectivity index (χ1v) is 14.1. The number of aromatic nitrogens is 4. The number of ether oxygens (including phenoxy) is 1. The number of carbonyl (C=O) groups is 3. The second-order valence-corrected chi connectivity index (χ2v) is 11.9. The van der Waals surface area contributed by atoms with Gasteiger partial charge >= 0.3 is 17.8 Å². The van der Waals surface area contributed by atoms with Crippen molar-refractivity contribution in [3.8, 4) is 0 Å². The third-order valence-corrected chi connectivity index (χ3v) is 7.08. The first-order valence-electron chi connectivity index (χ1n) is 14.1. The Bertz CT molecular complexity index is 1720. The number of hydrogen-bond donors (Lipinski definition) is 2. The molecule has 2 aromatic heterocycles. The molecule has 0 bridgehead atoms. The molecule has 4 rings (SSSR count). The van der Waals surface area contributed by atoms with Gasteiger partial charge in [0.2, 0.25) is 5.95 Å². The molecule has 13 heteroatoms. The predicted octanol–water partition coefficient (Wildman–Crippen LogP) is 2.94. The lowest BCUT2D eigenvalue weighted by Crippen LogP contribution is -2.49. The highest BCUT2D eigenvalue weighted by molar-refractivity contribution is 6.05. The molecule has 43 heavy (non-hydrogen) atoms. The number of hydrogen-bond acceptors (Lipinski definition) is 8. The summed E-state index contributed by atoms with van der Waals surface area (Å²) in [7, 11) is 1.47. The Labute approximate surface area is 248 Å². The fourth-order valence-corrected chi connectivity index (χ4v) is 5.08. The molecule has 2 N–H and O–H groups in total. The zero-order chi connectivity index (χ0) is 31.6. The number of allylic oxidation sites excluding steroid dienone is 2. The zero-order valence-electron chi connectivity index (χ0n) is 25.3. The molecule has 3 heterocycles. The van der Waals surface area contributed by atoms with Crippen molar-refractivity contribution in [1.82, 2.24) is 24.0 Å². The van der Waals surface area contributed by atoms with Gasteiger partial charge in [0.05, 0.1) is 12.1 Å². The van der Waals surface area contributed by atoms with Crippen molar-refractivity contribution >= 4 is 35.0 Å². The number of rotatable bonds is 8. The van der Waals surface area contributed by atoms with Gasteiger partial charge in [-0.1, -0.05) is 29.8 Å². The van der Waals surface area contributed by atoms with E-state index in [-0.39, 0.29) is 34.9 Å². The van der Waals surface area contributed by atoms with Gasteiger partial charge < -0.3 is 24.6 Å². The summed E-state index contributed by atoms with van der Waals surface area (Å²) in [6, 6.07) is 5.44. The molecule has 1 amide bonds. The van der Waals surface area contributed by atoms with Crippen molar-refractivity contribution < 1.29 is 24.2 Å². The van der Waals surface area contributed by atoms with Crippen molar-refractivity contribution in [2.75, 3.05) is 18.0 Å². The summed E-state index contributed by atoms with van der Waals surface area (Å²) < 4.78 is 9.17. The van der Waals surface area contributed by atoms with E-state index in [4.69, 9.17) is 9.72 Å². The summed E-state index contributed by atoms with van der Waals surface area (Å²) in [6.45, 7) is 9.88. The number of piperidine rings is 1. The molecular weight excluding hydrogens is 556 g/mol. The second kappa shape index (κ2) is 12.3. The summed E-state index contributed by atoms with van der Waals surface area (Å²) in [5.74, 6) is -1.51. The van der Waals surface area contributed by atoms with Gasteiger partial charge in [-0.05, 0) is 53.5 Å². The van der Waals surface area contributed by atoms with Gasteiger partial charge in [-0.25, -0.2) is 14.4 Å². The number of aryl methyl sites for hydroxylation is 1. The molecule has 1 aliphatic heterocycles. The minimum Gasteiger partial charge on any atom is -0.478 e. The molecule has 1 atom stereocenters. The fourth-order valence-electron chi connectivity index (χ4n) is 5.08. The van der Waals surface area contributed by atoms with Crippen molar-refractivity contribution in [2.24, 2.45) is 7.05 Å². The van der Waals surface area contributed by atoms with E-state index in [0.717, 1.165) is 23.0 Å². The summed E-state index contributed by atoms with van der Waals surface area (Å²) in [5, 5.41) is 12.4. The standard InChI is InChI=1S/C30H38N6O7/c1-18(2)13-15-35-23-24(32-27(35)34-14-9-10-19(16-34)31-28(41)43-30(3,4)5)33(6)29(42)36(25(23)38)17-22(37)20-11-7-8-12-21(20)26(39)40/h7-8,11-13,19H,9-10,14-17H2,1-6H3,(H,31,41)(H,39,40). The van der Waals surface area contributed by atoms with E-state index in [1.54, 1.807) is 25.3 Å². The molecule has 1 saturated heterocycles. The second-order valence-electron chi connectivity index (χ2n) is 11.9. The van der Waals surface area contributed by atoms with E-state index >= 15 is 0 Å². The number of carboxylic acids is 1. The number of nitrogens with zero attached hydrogens (tertiary/aromatic N) is 5. The van der Waals surface area contributed by atoms with E-state index in [0.29, 0.717) is 19.0 Å². The average molecular weight is 595 g/mol. The minimum atomic E-state index is -1.29. The average Bonchev–Trinajstić information content (AvgIpc) is 3.32. The smallest absolute Gasteiger partial charge is 0.407 e. The number of fused-ring (bicyclic) bond motifs is 1. The van der Waals surface area contributed by atoms with Gasteiger partial charge in [0.25, 0.3) is 5.56 Å². The molecule has 0 radical (unpaired) electrons. The molecule has 1 unspecified atom stereocenters. The lowest BCUT2D eigenvalue weighted by Gasteiger charge is -2.34. The highest BCUT2D eigenvalue weighted by Gasteiger charge is 2.29. The number of ketones is 1. The molecule has 230 valence electrons. The van der Waals surface area contributed by atoms with Gasteiger partial charge in [-0.3, -0.25) is 18.7 Å². The molecule has 0 aliphatic carbocycles. The molecule has 0 spiro atoms. The van der Waals surface area contributed by atoms with Crippen LogP contribution in [0.2, 0.25) is 0 Å². The molecular formula is C30H38N6O7. The van der Waals surface area contributed by atoms with Crippen LogP contribution in [-0.4, -0.2) is 66.4 Å². The lowest BCUT2D eigenvalue weighted by molar-refractivity contribution is 0.0499. The van der Waals surface area contributed by atoms with Gasteiger partial charge in [0.1, 0.15) is 5.60 Å². The van der Waals surface area contributed by atoms with Gasteiger partial charge in [-0.15, -0.1) is 0 Å². The maximum absolute atomic E-state index is 13.9. The number of alkyl carbamates (subject to hydrolysis) is 1. The number of Topliss-reactive ketones (excluding diaryl/α,β-unsaturated/α-hetero) is 1. The van der Waals surface area contributed by atoms with E-state index in [2.05, 4.69) is 5.32 Å². The quantitative estimate of drug-likeness (QED) is 0.295. The van der Waals surface area contributed by atoms with Crippen molar-refractivity contribution in [3.05, 3.63) is 67.9 Å². The van der Waals surface area contributed by atoms with Crippen LogP contribution in [0.3, 0.4) is 0 Å². The summed E-state index contributed by atoms with van der Waals surface area (Å²) in [4.78, 5) is 71.3. The van der Waals surface area contributed by atoms with E-state index in [1.807, 2.05) is 24.8 Å². The summed E-state index contributed by atoms with van der Waals surface area (Å²) >= 11 is 0. The van der Waals surface area contributed by atoms with Crippen LogP contribution < -0.4 is 21.5 Å². The fraction of sp³-hybridized carbons (Fsp3) is 0.467. The lowest BCUT2D eigenvalue weighted by atomic mass is 10.0. The van der Waals surface area contributed by atoms with E-state index < -0.39 is 41.2 Å². The number of nitrogens with one attached hydrogen (secondary N) is 1. The van der Waals surface area contributed by atoms with Gasteiger partial charge in [0, 0.05) is 38.3 Å². The molecule has 3 aromatic rings. The number of carboxylic acid groups (broad SMARTS) is 1. The maximum Gasteiger partial charge on any atom is 0.407 e. The number of imidazole rings is 1. The Balaban J connectivity index is 1.78. The first kappa shape index (κ1) is 31.3. The van der Waals surface area contributed by atoms with Crippen molar-refractivity contribution in [2.45, 2.75) is 72.2 Å². The number of carbonyl (C=O) groups excluding carboxylic acids is 2. The van der Waals surface area contributed by atoms with Gasteiger partial charge in [0.15, 0.2) is 16.9 Å². The minimum absolute atomic E-state index is 0.0976. The number of aromatic carboxylic acids is 1. The Morgan fingerprint density at radius 2 is 1.79 bits per heavy atom. The Kier molecular flexibility index (Phi) is 8.93. The highest BCUT2D eigenvalue weighted by atomic mass is 16.6. The number of amides is 1. The molecule has 1 aromatic carbocycles. The normalized spacial score (nSPS) is 15.3. The highest BCUT2D eigenvalue weighted by Crippen LogP contribution is 2.24. The Hall–Kier alpha value is -4.68. The van der Waals surface area contributed by atoms with E-state index in [9.17, 15) is 29.1 Å². The maximum atomic E-state index is 13.9. The van der Waals surface area contributed by atoms with E-state index in [1.165, 1.54) is 35.9 Å². The third kappa shape index (κ3) is 6.87. The van der Waals surface area contributed by atoms with Crippen molar-refractivity contribution in [3.63, 3.8) is 0 Å². The Morgan fingerprint density at radius 1 is 1.12 bits per heavy atom. The number of anilines is 1. The van der Waals surface area contributed by atoms with Crippen LogP contribution in [0.4, 0.5) is 10.7 Å². The number of benzene rings is 1. The van der Waals surface area contributed by atoms with Crippen LogP contribution in [0.5, 0.6) is 0 Å². The Morgan fingerprint density at radius 3 is 2.42 bits per heavy atom. The molecule has 1 fully saturated rings. The summed E-state index contributed by atoms with van der Waals surface area (Å²) in [6.07, 6.45) is 2.88. The topological polar surface area (TPSA) is 158 Å². The monoisotopic (exact) mass is 594 g/mol. The molecule has 0 saturated carbocycles. The van der Waals surface area contributed by atoms with Crippen LogP contribution in [0.1, 0.15) is 68.2 Å². The van der Waals surface area contributed by atoms with Crippen LogP contribution >= 0.6 is 0 Å². The zero-order valence-corrected chi connectivity index (χ0v) is 25.3. The van der Waals surface area contributed by atoms with Crippen LogP contribution in [0.25, 0.3) is 11.2 Å². The molecule has 1 aliphatic rings. The third-order valence-electron chi connectivity index (χ3n) is 7.08. The largest absolute Gasteiger partial charge is 0.478 e. The van der Waals surface area contributed by atoms with Gasteiger partial charge in [-0.2, -0.15) is 4.98 Å². The molecule has 13 nitrogen and oxygen atoms in total. The van der Waals surface area contributed by atoms with Crippen LogP contribution in [0.15, 0.2) is 45.5 Å². The predicted molar refractivity (Wildman–Crippen MR) is 161 cm³/mol. The first-order chi connectivity index (χ1) is 20.2. The summed E-state index contributed by atoms with van der Waals surface area (Å²) in [5.41, 5.74) is -1.12.